The van der Waals surface area contributed by atoms with Gasteiger partial charge in [-0.2, -0.15) is 0 Å². The molecule has 0 aliphatic heterocycles. The third kappa shape index (κ3) is 16.5. The molecule has 26 rings (SSSR count). The van der Waals surface area contributed by atoms with Crippen molar-refractivity contribution in [2.24, 2.45) is 10.8 Å². The van der Waals surface area contributed by atoms with Crippen LogP contribution in [-0.4, -0.2) is 37.4 Å². The zero-order valence-corrected chi connectivity index (χ0v) is 83.7. The Morgan fingerprint density at radius 1 is 0.167 bits per heavy atom. The van der Waals surface area contributed by atoms with Crippen LogP contribution in [0.25, 0.3) is 221 Å². The second kappa shape index (κ2) is 35.7. The maximum atomic E-state index is 4.39. The summed E-state index contributed by atoms with van der Waals surface area (Å²) in [6.07, 6.45) is 9.60. The summed E-state index contributed by atoms with van der Waals surface area (Å²) in [5.74, 6) is 0. The van der Waals surface area contributed by atoms with E-state index in [2.05, 4.69) is 533 Å². The van der Waals surface area contributed by atoms with Gasteiger partial charge < -0.3 is 27.4 Å². The van der Waals surface area contributed by atoms with Crippen LogP contribution in [0.5, 0.6) is 0 Å². The summed E-state index contributed by atoms with van der Waals surface area (Å²) < 4.78 is 14.5. The van der Waals surface area contributed by atoms with Gasteiger partial charge in [0.2, 0.25) is 0 Å². The molecular weight excluding hydrogens is 1750 g/mol. The Morgan fingerprint density at radius 2 is 0.375 bits per heavy atom. The highest BCUT2D eigenvalue weighted by Gasteiger charge is 2.27. The number of nitrogens with zero attached hydrogens (tertiary/aromatic N) is 8. The first-order valence-electron chi connectivity index (χ1n) is 50.5. The quantitative estimate of drug-likeness (QED) is 0.116. The standard InChI is InChI=1S/C46H30N4.C46H44N2.C44H40N2/c1-3-17-43-39(15-1)40-16-2-4-18-44(40)49(43)37-13-5-9-31(25-37)32-10-6-14-38(26-32)50-45-21-19-33(35-11-7-23-47-29-35)27-41(45)42-28-34(20-22-46(42)50)36-12-8-24-48-30-36;1-45(2,3)29-31-21-23-43-39(25-31)37-17-7-9-19-41(37)47(43)35-15-11-13-33(27-35)34-14-12-16-36(28-34)48-42-20-10-8-18-38(42)40-26-32(22-24-44(40)48)30-46(4,5)6;1-43(2,3)31-21-23-41-37(27-31)38-28-32(44(4,5)6)22-24-42(38)46(41)34-16-12-14-30(26-34)29-13-11-15-33(25-29)45-39-19-9-7-17-35(39)36-18-8-10-20-40(36)45/h1-30H;7-28H,29-30H2,1-6H3;7-28H,1-6H3. The van der Waals surface area contributed by atoms with Crippen LogP contribution in [0, 0.1) is 10.8 Å². The van der Waals surface area contributed by atoms with Crippen molar-refractivity contribution >= 4 is 131 Å². The van der Waals surface area contributed by atoms with Crippen molar-refractivity contribution in [1.82, 2.24) is 37.4 Å². The average Bonchev–Trinajstić information content (AvgIpc) is 1.61. The molecule has 0 amide bonds. The van der Waals surface area contributed by atoms with E-state index in [4.69, 9.17) is 0 Å². The van der Waals surface area contributed by atoms with Crippen LogP contribution >= 0.6 is 0 Å². The summed E-state index contributed by atoms with van der Waals surface area (Å²) in [5, 5.41) is 15.3. The molecule has 0 spiro atoms. The highest BCUT2D eigenvalue weighted by atomic mass is 15.0. The second-order valence-electron chi connectivity index (χ2n) is 43.5. The lowest BCUT2D eigenvalue weighted by molar-refractivity contribution is 0.411. The second-order valence-corrected chi connectivity index (χ2v) is 43.5. The Bertz CT molecular complexity index is 9050. The Hall–Kier alpha value is -16.9. The predicted molar refractivity (Wildman–Crippen MR) is 612 cm³/mol. The Kier molecular flexibility index (Phi) is 22.2. The highest BCUT2D eigenvalue weighted by molar-refractivity contribution is 6.16. The minimum Gasteiger partial charge on any atom is -0.309 e. The molecule has 0 atom stereocenters. The van der Waals surface area contributed by atoms with Crippen molar-refractivity contribution in [3.63, 3.8) is 0 Å². The SMILES string of the molecule is CC(C)(C)Cc1ccc2c(c1)c1ccccc1n2-c1cccc(-c2cccc(-n3c4ccccc4c4cc(CC(C)(C)C)ccc43)c2)c1.CC(C)(C)c1ccc2c(c1)c1cc(C(C)(C)C)ccc1n2-c1cccc(-c2cccc(-n3c4ccccc4c4ccccc43)c2)c1.c1cncc(-c2ccc3c(c2)c2cc(-c4cccnc4)ccc2n3-c2cccc(-c3cccc(-n4c5ccccc5c5ccccc54)c3)c2)c1. The molecule has 26 aromatic rings. The number of aromatic nitrogens is 8. The largest absolute Gasteiger partial charge is 0.309 e. The summed E-state index contributed by atoms with van der Waals surface area (Å²) in [4.78, 5) is 8.77. The Balaban J connectivity index is 0.000000116. The van der Waals surface area contributed by atoms with Gasteiger partial charge in [-0.05, 0) is 295 Å². The summed E-state index contributed by atoms with van der Waals surface area (Å²) in [5.41, 5.74) is 39.4. The van der Waals surface area contributed by atoms with Crippen LogP contribution in [0.1, 0.15) is 105 Å². The first-order chi connectivity index (χ1) is 69.9. The summed E-state index contributed by atoms with van der Waals surface area (Å²) in [7, 11) is 0. The van der Waals surface area contributed by atoms with Gasteiger partial charge in [-0.15, -0.1) is 0 Å². The molecule has 0 N–H and O–H groups in total. The van der Waals surface area contributed by atoms with Crippen LogP contribution in [0.15, 0.2) is 449 Å². The van der Waals surface area contributed by atoms with Crippen LogP contribution in [-0.2, 0) is 23.7 Å². The molecule has 0 bridgehead atoms. The lowest BCUT2D eigenvalue weighted by atomic mass is 9.85. The van der Waals surface area contributed by atoms with Gasteiger partial charge in [0.05, 0.1) is 66.2 Å². The van der Waals surface area contributed by atoms with Gasteiger partial charge in [0, 0.05) is 135 Å². The van der Waals surface area contributed by atoms with Gasteiger partial charge in [0.25, 0.3) is 0 Å². The van der Waals surface area contributed by atoms with Crippen molar-refractivity contribution in [3.05, 3.63) is 472 Å². The van der Waals surface area contributed by atoms with E-state index >= 15 is 0 Å². The third-order valence-corrected chi connectivity index (χ3v) is 29.0. The molecule has 0 radical (unpaired) electrons. The molecule has 0 saturated heterocycles. The molecule has 0 fully saturated rings. The molecule has 0 saturated carbocycles. The van der Waals surface area contributed by atoms with Crippen LogP contribution in [0.3, 0.4) is 0 Å². The molecule has 0 aliphatic rings. The first kappa shape index (κ1) is 89.7. The maximum absolute atomic E-state index is 4.39. The van der Waals surface area contributed by atoms with Crippen molar-refractivity contribution in [2.45, 2.75) is 107 Å². The van der Waals surface area contributed by atoms with Crippen molar-refractivity contribution in [3.8, 4) is 89.8 Å². The van der Waals surface area contributed by atoms with Gasteiger partial charge in [-0.3, -0.25) is 9.97 Å². The van der Waals surface area contributed by atoms with E-state index in [1.165, 1.54) is 198 Å². The fourth-order valence-electron chi connectivity index (χ4n) is 22.4. The number of hydrogen-bond acceptors (Lipinski definition) is 2. The molecule has 0 aliphatic carbocycles. The molecule has 8 aromatic heterocycles. The van der Waals surface area contributed by atoms with Gasteiger partial charge >= 0.3 is 0 Å². The Labute approximate surface area is 841 Å². The van der Waals surface area contributed by atoms with E-state index < -0.39 is 0 Å². The molecule has 8 heteroatoms. The average molecular weight is 1860 g/mol. The van der Waals surface area contributed by atoms with Crippen LogP contribution in [0.4, 0.5) is 0 Å². The molecule has 0 unspecified atom stereocenters. The lowest BCUT2D eigenvalue weighted by Crippen LogP contribution is -2.10. The van der Waals surface area contributed by atoms with Crippen molar-refractivity contribution in [2.75, 3.05) is 0 Å². The lowest BCUT2D eigenvalue weighted by Gasteiger charge is -2.19. The van der Waals surface area contributed by atoms with Gasteiger partial charge in [0.15, 0.2) is 0 Å². The van der Waals surface area contributed by atoms with E-state index in [0.29, 0.717) is 0 Å². The molecule has 18 aromatic carbocycles. The fourth-order valence-corrected chi connectivity index (χ4v) is 22.4. The van der Waals surface area contributed by atoms with E-state index in [1.54, 1.807) is 0 Å². The number of fused-ring (bicyclic) bond motifs is 18. The molecule has 698 valence electrons. The van der Waals surface area contributed by atoms with Crippen molar-refractivity contribution < 1.29 is 0 Å². The number of benzene rings is 18. The van der Waals surface area contributed by atoms with Crippen LogP contribution in [0.2, 0.25) is 0 Å². The number of para-hydroxylation sites is 6. The van der Waals surface area contributed by atoms with Gasteiger partial charge in [-0.25, -0.2) is 0 Å². The van der Waals surface area contributed by atoms with E-state index in [0.717, 1.165) is 57.5 Å². The van der Waals surface area contributed by atoms with E-state index in [9.17, 15) is 0 Å². The minimum absolute atomic E-state index is 0.0750. The minimum atomic E-state index is 0.0750. The zero-order valence-electron chi connectivity index (χ0n) is 83.7. The first-order valence-corrected chi connectivity index (χ1v) is 50.5. The number of pyridine rings is 2. The smallest absolute Gasteiger partial charge is 0.0541 e. The third-order valence-electron chi connectivity index (χ3n) is 29.0. The van der Waals surface area contributed by atoms with Crippen LogP contribution < -0.4 is 0 Å². The Morgan fingerprint density at radius 3 is 0.618 bits per heavy atom. The topological polar surface area (TPSA) is 55.4 Å². The monoisotopic (exact) mass is 1860 g/mol. The molecule has 144 heavy (non-hydrogen) atoms. The summed E-state index contributed by atoms with van der Waals surface area (Å²) >= 11 is 0. The molecule has 8 heterocycles. The molecule has 8 nitrogen and oxygen atoms in total. The van der Waals surface area contributed by atoms with Gasteiger partial charge in [-0.1, -0.05) is 314 Å². The highest BCUT2D eigenvalue weighted by Crippen LogP contribution is 2.46. The normalized spacial score (nSPS) is 12.2. The summed E-state index contributed by atoms with van der Waals surface area (Å²) in [6, 6.07) is 156. The maximum Gasteiger partial charge on any atom is 0.0541 e. The summed E-state index contributed by atoms with van der Waals surface area (Å²) in [6.45, 7) is 27.6. The predicted octanol–water partition coefficient (Wildman–Crippen LogP) is 36.5. The fraction of sp³-hybridized carbons (Fsp3) is 0.132. The molecular formula is C136H114N8. The van der Waals surface area contributed by atoms with Gasteiger partial charge in [0.1, 0.15) is 0 Å². The van der Waals surface area contributed by atoms with Crippen molar-refractivity contribution in [1.29, 1.82) is 0 Å². The van der Waals surface area contributed by atoms with E-state index in [1.807, 2.05) is 36.9 Å². The number of rotatable bonds is 13. The number of hydrogen-bond donors (Lipinski definition) is 0. The zero-order chi connectivity index (χ0) is 98.0. The van der Waals surface area contributed by atoms with E-state index in [-0.39, 0.29) is 21.7 Å².